The Morgan fingerprint density at radius 1 is 1.22 bits per heavy atom. The number of hydrogen-bond donors (Lipinski definition) is 0. The largest absolute Gasteiger partial charge is 0.424 e. The minimum absolute atomic E-state index is 0.441. The van der Waals surface area contributed by atoms with E-state index in [1.54, 1.807) is 24.3 Å². The third-order valence-corrected chi connectivity index (χ3v) is 5.65. The Morgan fingerprint density at radius 3 is 2.50 bits per heavy atom. The number of halogens is 1. The molecular formula is C13H18FO3P. The van der Waals surface area contributed by atoms with Crippen LogP contribution in [-0.2, 0) is 9.09 Å². The minimum Gasteiger partial charge on any atom is -0.424 e. The number of rotatable bonds is 4. The van der Waals surface area contributed by atoms with Gasteiger partial charge in [0.25, 0.3) is 0 Å². The highest BCUT2D eigenvalue weighted by atomic mass is 31.2. The lowest BCUT2D eigenvalue weighted by Gasteiger charge is -2.31. The van der Waals surface area contributed by atoms with Gasteiger partial charge in [-0.05, 0) is 25.0 Å². The quantitative estimate of drug-likeness (QED) is 0.771. The maximum Gasteiger partial charge on any atom is 0.384 e. The molecule has 1 aliphatic rings. The number of alkyl halides is 1. The SMILES string of the molecule is COP(=O)(Oc1ccccc1)C1CCCCC1F. The van der Waals surface area contributed by atoms with Gasteiger partial charge in [-0.15, -0.1) is 0 Å². The summed E-state index contributed by atoms with van der Waals surface area (Å²) in [5.41, 5.74) is -0.642. The Hall–Kier alpha value is -0.860. The highest BCUT2D eigenvalue weighted by molar-refractivity contribution is 7.55. The number of benzene rings is 1. The summed E-state index contributed by atoms with van der Waals surface area (Å²) in [7, 11) is -2.10. The van der Waals surface area contributed by atoms with Crippen LogP contribution in [0.5, 0.6) is 5.75 Å². The van der Waals surface area contributed by atoms with Gasteiger partial charge in [-0.3, -0.25) is 0 Å². The zero-order valence-corrected chi connectivity index (χ0v) is 11.3. The molecule has 1 saturated carbocycles. The fourth-order valence-corrected chi connectivity index (χ4v) is 4.23. The van der Waals surface area contributed by atoms with Crippen molar-refractivity contribution < 1.29 is 18.0 Å². The smallest absolute Gasteiger partial charge is 0.384 e. The van der Waals surface area contributed by atoms with Crippen molar-refractivity contribution in [1.82, 2.24) is 0 Å². The number of para-hydroxylation sites is 1. The van der Waals surface area contributed by atoms with E-state index in [1.807, 2.05) is 6.07 Å². The summed E-state index contributed by atoms with van der Waals surface area (Å²) in [6.07, 6.45) is 1.60. The van der Waals surface area contributed by atoms with Crippen molar-refractivity contribution in [3.05, 3.63) is 30.3 Å². The molecule has 0 bridgehead atoms. The lowest BCUT2D eigenvalue weighted by Crippen LogP contribution is -2.28. The topological polar surface area (TPSA) is 35.5 Å². The van der Waals surface area contributed by atoms with E-state index in [-0.39, 0.29) is 0 Å². The van der Waals surface area contributed by atoms with Crippen molar-refractivity contribution in [1.29, 1.82) is 0 Å². The molecule has 2 rings (SSSR count). The van der Waals surface area contributed by atoms with Crippen LogP contribution in [0.3, 0.4) is 0 Å². The molecule has 3 unspecified atom stereocenters. The molecule has 0 heterocycles. The van der Waals surface area contributed by atoms with Gasteiger partial charge in [-0.25, -0.2) is 8.96 Å². The molecule has 1 aliphatic carbocycles. The Morgan fingerprint density at radius 2 is 1.89 bits per heavy atom. The molecule has 3 atom stereocenters. The Labute approximate surface area is 107 Å². The van der Waals surface area contributed by atoms with Crippen LogP contribution in [0, 0.1) is 0 Å². The number of hydrogen-bond acceptors (Lipinski definition) is 3. The van der Waals surface area contributed by atoms with Gasteiger partial charge in [0.1, 0.15) is 17.6 Å². The van der Waals surface area contributed by atoms with Crippen LogP contribution in [-0.4, -0.2) is 18.9 Å². The van der Waals surface area contributed by atoms with Crippen LogP contribution < -0.4 is 4.52 Å². The molecule has 0 amide bonds. The Bertz CT molecular complexity index is 424. The molecule has 1 aromatic carbocycles. The summed E-state index contributed by atoms with van der Waals surface area (Å²) in [6.45, 7) is 0. The first-order valence-corrected chi connectivity index (χ1v) is 7.81. The molecule has 0 spiro atoms. The second-order valence-electron chi connectivity index (χ2n) is 4.49. The van der Waals surface area contributed by atoms with E-state index < -0.39 is 19.4 Å². The second-order valence-corrected chi connectivity index (χ2v) is 6.79. The van der Waals surface area contributed by atoms with Gasteiger partial charge in [0.2, 0.25) is 0 Å². The molecule has 5 heteroatoms. The van der Waals surface area contributed by atoms with Crippen molar-refractivity contribution in [3.8, 4) is 5.75 Å². The highest BCUT2D eigenvalue weighted by Crippen LogP contribution is 2.57. The molecule has 3 nitrogen and oxygen atoms in total. The average Bonchev–Trinajstić information content (AvgIpc) is 2.40. The minimum atomic E-state index is -3.43. The van der Waals surface area contributed by atoms with Crippen LogP contribution >= 0.6 is 7.60 Å². The van der Waals surface area contributed by atoms with Crippen LogP contribution in [0.15, 0.2) is 30.3 Å². The predicted octanol–water partition coefficient (Wildman–Crippen LogP) is 4.19. The summed E-state index contributed by atoms with van der Waals surface area (Å²) in [5.74, 6) is 0.459. The normalized spacial score (nSPS) is 27.4. The van der Waals surface area contributed by atoms with Crippen molar-refractivity contribution in [3.63, 3.8) is 0 Å². The fourth-order valence-electron chi connectivity index (χ4n) is 2.29. The highest BCUT2D eigenvalue weighted by Gasteiger charge is 2.43. The average molecular weight is 272 g/mol. The molecule has 0 N–H and O–H groups in total. The zero-order valence-electron chi connectivity index (χ0n) is 10.4. The summed E-state index contributed by atoms with van der Waals surface area (Å²) >= 11 is 0. The third-order valence-electron chi connectivity index (χ3n) is 3.28. The van der Waals surface area contributed by atoms with Crippen LogP contribution in [0.2, 0.25) is 0 Å². The van der Waals surface area contributed by atoms with E-state index in [1.165, 1.54) is 7.11 Å². The molecule has 100 valence electrons. The van der Waals surface area contributed by atoms with Gasteiger partial charge in [-0.2, -0.15) is 0 Å². The van der Waals surface area contributed by atoms with Crippen LogP contribution in [0.25, 0.3) is 0 Å². The molecule has 1 fully saturated rings. The summed E-state index contributed by atoms with van der Waals surface area (Å²) in [5, 5.41) is 0. The second kappa shape index (κ2) is 5.85. The first kappa shape index (κ1) is 13.6. The van der Waals surface area contributed by atoms with Crippen molar-refractivity contribution in [2.24, 2.45) is 0 Å². The van der Waals surface area contributed by atoms with E-state index in [4.69, 9.17) is 9.05 Å². The standard InChI is InChI=1S/C13H18FO3P/c1-16-18(15,13-10-6-5-9-12(13)14)17-11-7-3-2-4-8-11/h2-4,7-8,12-13H,5-6,9-10H2,1H3. The van der Waals surface area contributed by atoms with Crippen LogP contribution in [0.4, 0.5) is 4.39 Å². The molecule has 0 aliphatic heterocycles. The molecule has 1 aromatic rings. The first-order valence-electron chi connectivity index (χ1n) is 6.20. The predicted molar refractivity (Wildman–Crippen MR) is 68.8 cm³/mol. The van der Waals surface area contributed by atoms with Crippen molar-refractivity contribution >= 4 is 7.60 Å². The Balaban J connectivity index is 2.17. The lowest BCUT2D eigenvalue weighted by atomic mass is 9.98. The lowest BCUT2D eigenvalue weighted by molar-refractivity contribution is 0.217. The van der Waals surface area contributed by atoms with E-state index in [0.717, 1.165) is 12.8 Å². The monoisotopic (exact) mass is 272 g/mol. The van der Waals surface area contributed by atoms with Gasteiger partial charge in [0.05, 0.1) is 0 Å². The van der Waals surface area contributed by atoms with Crippen molar-refractivity contribution in [2.45, 2.75) is 37.5 Å². The van der Waals surface area contributed by atoms with Crippen molar-refractivity contribution in [2.75, 3.05) is 7.11 Å². The summed E-state index contributed by atoms with van der Waals surface area (Å²) in [4.78, 5) is 0. The maximum atomic E-state index is 13.9. The van der Waals surface area contributed by atoms with Gasteiger partial charge in [0, 0.05) is 7.11 Å². The molecule has 0 radical (unpaired) electrons. The van der Waals surface area contributed by atoms with E-state index in [2.05, 4.69) is 0 Å². The molecular weight excluding hydrogens is 254 g/mol. The van der Waals surface area contributed by atoms with Gasteiger partial charge in [0.15, 0.2) is 0 Å². The maximum absolute atomic E-state index is 13.9. The molecule has 18 heavy (non-hydrogen) atoms. The zero-order chi connectivity index (χ0) is 13.0. The van der Waals surface area contributed by atoms with Gasteiger partial charge >= 0.3 is 7.60 Å². The molecule has 0 aromatic heterocycles. The first-order chi connectivity index (χ1) is 8.65. The Kier molecular flexibility index (Phi) is 4.41. The van der Waals surface area contributed by atoms with Gasteiger partial charge in [-0.1, -0.05) is 31.0 Å². The van der Waals surface area contributed by atoms with Crippen LogP contribution in [0.1, 0.15) is 25.7 Å². The molecule has 0 saturated heterocycles. The fraction of sp³-hybridized carbons (Fsp3) is 0.538. The van der Waals surface area contributed by atoms with Gasteiger partial charge < -0.3 is 9.05 Å². The van der Waals surface area contributed by atoms with E-state index in [9.17, 15) is 8.96 Å². The third kappa shape index (κ3) is 2.93. The summed E-state index contributed by atoms with van der Waals surface area (Å²) in [6, 6.07) is 8.79. The van der Waals surface area contributed by atoms with E-state index in [0.29, 0.717) is 18.6 Å². The summed E-state index contributed by atoms with van der Waals surface area (Å²) < 4.78 is 37.0. The van der Waals surface area contributed by atoms with E-state index >= 15 is 0 Å².